The molecular weight excluding hydrogens is 402 g/mol. The van der Waals surface area contributed by atoms with Crippen molar-refractivity contribution in [3.8, 4) is 5.69 Å². The Kier molecular flexibility index (Phi) is 5.09. The van der Waals surface area contributed by atoms with Crippen LogP contribution in [0.1, 0.15) is 48.5 Å². The highest BCUT2D eigenvalue weighted by atomic mass is 16.2. The Morgan fingerprint density at radius 2 is 1.84 bits per heavy atom. The Bertz CT molecular complexity index is 1330. The van der Waals surface area contributed by atoms with E-state index in [1.165, 1.54) is 10.2 Å². The van der Waals surface area contributed by atoms with Crippen molar-refractivity contribution < 1.29 is 4.79 Å². The molecule has 1 fully saturated rings. The predicted molar refractivity (Wildman–Crippen MR) is 123 cm³/mol. The second-order valence-corrected chi connectivity index (χ2v) is 8.48. The number of amides is 1. The van der Waals surface area contributed by atoms with Crippen molar-refractivity contribution in [2.75, 3.05) is 0 Å². The minimum absolute atomic E-state index is 0.134. The summed E-state index contributed by atoms with van der Waals surface area (Å²) in [6.07, 6.45) is 3.79. The van der Waals surface area contributed by atoms with Gasteiger partial charge in [-0.15, -0.1) is 0 Å². The summed E-state index contributed by atoms with van der Waals surface area (Å²) >= 11 is 0. The number of fused-ring (bicyclic) bond motifs is 1. The van der Waals surface area contributed by atoms with Gasteiger partial charge in [-0.1, -0.05) is 48.0 Å². The summed E-state index contributed by atoms with van der Waals surface area (Å²) in [5.74, 6) is 0.0619. The first-order chi connectivity index (χ1) is 15.5. The van der Waals surface area contributed by atoms with Gasteiger partial charge in [-0.05, 0) is 44.4 Å². The fourth-order valence-electron chi connectivity index (χ4n) is 3.99. The van der Waals surface area contributed by atoms with Gasteiger partial charge in [0.15, 0.2) is 0 Å². The molecule has 1 aliphatic carbocycles. The molecular formula is C25H25N5O2. The first-order valence-electron chi connectivity index (χ1n) is 10.9. The Labute approximate surface area is 185 Å². The maximum atomic E-state index is 13.4. The van der Waals surface area contributed by atoms with E-state index in [-0.39, 0.29) is 24.1 Å². The number of carbonyl (C=O) groups is 1. The molecule has 2 heterocycles. The minimum atomic E-state index is -0.316. The van der Waals surface area contributed by atoms with E-state index in [0.29, 0.717) is 11.4 Å². The molecule has 0 bridgehead atoms. The first-order valence-corrected chi connectivity index (χ1v) is 10.9. The van der Waals surface area contributed by atoms with Crippen molar-refractivity contribution in [1.29, 1.82) is 0 Å². The Morgan fingerprint density at radius 3 is 2.53 bits per heavy atom. The lowest BCUT2D eigenvalue weighted by Crippen LogP contribution is -2.35. The standard InChI is InChI=1S/C25H25N5O2/c1-16-8-10-18(11-9-16)17(2)27-22(31)15-29-25(32)24-21(23(28-29)19-12-13-19)14-26-30(24)20-6-4-3-5-7-20/h3-11,14,17,19H,12-13,15H2,1-2H3,(H,27,31). The van der Waals surface area contributed by atoms with Crippen LogP contribution in [0.25, 0.3) is 16.6 Å². The Hall–Kier alpha value is -3.74. The van der Waals surface area contributed by atoms with Gasteiger partial charge in [0.1, 0.15) is 12.1 Å². The van der Waals surface area contributed by atoms with Crippen molar-refractivity contribution in [1.82, 2.24) is 24.9 Å². The molecule has 1 amide bonds. The van der Waals surface area contributed by atoms with Crippen LogP contribution in [0.2, 0.25) is 0 Å². The van der Waals surface area contributed by atoms with E-state index in [2.05, 4.69) is 15.5 Å². The average Bonchev–Trinajstić information content (AvgIpc) is 3.54. The molecule has 7 heteroatoms. The van der Waals surface area contributed by atoms with Crippen molar-refractivity contribution in [3.05, 3.63) is 88.0 Å². The molecule has 0 saturated heterocycles. The topological polar surface area (TPSA) is 81.8 Å². The number of aromatic nitrogens is 4. The van der Waals surface area contributed by atoms with Crippen LogP contribution in [-0.4, -0.2) is 25.5 Å². The summed E-state index contributed by atoms with van der Waals surface area (Å²) in [4.78, 5) is 26.2. The van der Waals surface area contributed by atoms with Gasteiger partial charge < -0.3 is 5.32 Å². The molecule has 0 radical (unpaired) electrons. The van der Waals surface area contributed by atoms with E-state index in [4.69, 9.17) is 0 Å². The van der Waals surface area contributed by atoms with Crippen LogP contribution < -0.4 is 10.9 Å². The normalized spacial score (nSPS) is 14.4. The van der Waals surface area contributed by atoms with Crippen LogP contribution >= 0.6 is 0 Å². The summed E-state index contributed by atoms with van der Waals surface area (Å²) < 4.78 is 2.93. The van der Waals surface area contributed by atoms with E-state index in [0.717, 1.165) is 35.2 Å². The third-order valence-electron chi connectivity index (χ3n) is 5.92. The summed E-state index contributed by atoms with van der Waals surface area (Å²) in [6.45, 7) is 3.82. The highest BCUT2D eigenvalue weighted by Gasteiger charge is 2.30. The SMILES string of the molecule is Cc1ccc(C(C)NC(=O)Cn2nc(C3CC3)c3cnn(-c4ccccc4)c3c2=O)cc1. The lowest BCUT2D eigenvalue weighted by atomic mass is 10.1. The fraction of sp³-hybridized carbons (Fsp3) is 0.280. The molecule has 1 aliphatic rings. The summed E-state index contributed by atoms with van der Waals surface area (Å²) in [5.41, 5.74) is 3.98. The maximum Gasteiger partial charge on any atom is 0.293 e. The zero-order chi connectivity index (χ0) is 22.2. The number of para-hydroxylation sites is 1. The second-order valence-electron chi connectivity index (χ2n) is 8.48. The van der Waals surface area contributed by atoms with Crippen molar-refractivity contribution >= 4 is 16.8 Å². The molecule has 1 atom stereocenters. The van der Waals surface area contributed by atoms with Crippen LogP contribution in [0.3, 0.4) is 0 Å². The highest BCUT2D eigenvalue weighted by molar-refractivity contribution is 5.83. The van der Waals surface area contributed by atoms with Crippen LogP contribution in [0.4, 0.5) is 0 Å². The van der Waals surface area contributed by atoms with Crippen LogP contribution in [0.5, 0.6) is 0 Å². The van der Waals surface area contributed by atoms with Crippen LogP contribution in [0.15, 0.2) is 65.6 Å². The lowest BCUT2D eigenvalue weighted by Gasteiger charge is -2.15. The molecule has 162 valence electrons. The number of aryl methyl sites for hydroxylation is 1. The molecule has 2 aromatic heterocycles. The molecule has 0 aliphatic heterocycles. The van der Waals surface area contributed by atoms with Gasteiger partial charge >= 0.3 is 0 Å². The molecule has 0 spiro atoms. The molecule has 5 rings (SSSR count). The van der Waals surface area contributed by atoms with Gasteiger partial charge in [-0.25, -0.2) is 9.36 Å². The van der Waals surface area contributed by atoms with E-state index in [9.17, 15) is 9.59 Å². The quantitative estimate of drug-likeness (QED) is 0.509. The van der Waals surface area contributed by atoms with Gasteiger partial charge in [0, 0.05) is 11.3 Å². The van der Waals surface area contributed by atoms with E-state index >= 15 is 0 Å². The number of hydrogen-bond donors (Lipinski definition) is 1. The first kappa shape index (κ1) is 20.2. The van der Waals surface area contributed by atoms with Gasteiger partial charge in [0.2, 0.25) is 5.91 Å². The van der Waals surface area contributed by atoms with Gasteiger partial charge in [0.25, 0.3) is 5.56 Å². The van der Waals surface area contributed by atoms with Gasteiger partial charge in [0.05, 0.1) is 23.6 Å². The number of carbonyl (C=O) groups excluding carboxylic acids is 1. The highest BCUT2D eigenvalue weighted by Crippen LogP contribution is 2.41. The van der Waals surface area contributed by atoms with Crippen molar-refractivity contribution in [3.63, 3.8) is 0 Å². The zero-order valence-electron chi connectivity index (χ0n) is 18.2. The van der Waals surface area contributed by atoms with Crippen molar-refractivity contribution in [2.24, 2.45) is 0 Å². The van der Waals surface area contributed by atoms with E-state index < -0.39 is 0 Å². The predicted octanol–water partition coefficient (Wildman–Crippen LogP) is 3.65. The summed E-state index contributed by atoms with van der Waals surface area (Å²) in [6, 6.07) is 17.4. The average molecular weight is 428 g/mol. The molecule has 1 saturated carbocycles. The number of hydrogen-bond acceptors (Lipinski definition) is 4. The van der Waals surface area contributed by atoms with Gasteiger partial charge in [-0.2, -0.15) is 10.2 Å². The van der Waals surface area contributed by atoms with Crippen molar-refractivity contribution in [2.45, 2.75) is 45.2 Å². The number of nitrogens with one attached hydrogen (secondary N) is 1. The minimum Gasteiger partial charge on any atom is -0.348 e. The lowest BCUT2D eigenvalue weighted by molar-refractivity contribution is -0.122. The largest absolute Gasteiger partial charge is 0.348 e. The third kappa shape index (κ3) is 3.82. The summed E-state index contributed by atoms with van der Waals surface area (Å²) in [5, 5.41) is 12.8. The smallest absolute Gasteiger partial charge is 0.293 e. The van der Waals surface area contributed by atoms with Crippen LogP contribution in [-0.2, 0) is 11.3 Å². The van der Waals surface area contributed by atoms with E-state index in [1.807, 2.05) is 68.4 Å². The number of nitrogens with zero attached hydrogens (tertiary/aromatic N) is 4. The van der Waals surface area contributed by atoms with Crippen LogP contribution in [0, 0.1) is 6.92 Å². The maximum absolute atomic E-state index is 13.4. The molecule has 7 nitrogen and oxygen atoms in total. The Morgan fingerprint density at radius 1 is 1.12 bits per heavy atom. The molecule has 4 aromatic rings. The second kappa shape index (κ2) is 8.07. The zero-order valence-corrected chi connectivity index (χ0v) is 18.2. The third-order valence-corrected chi connectivity index (χ3v) is 5.92. The summed E-state index contributed by atoms with van der Waals surface area (Å²) in [7, 11) is 0. The van der Waals surface area contributed by atoms with E-state index in [1.54, 1.807) is 10.9 Å². The number of rotatable bonds is 6. The molecule has 1 N–H and O–H groups in total. The molecule has 2 aromatic carbocycles. The van der Waals surface area contributed by atoms with Gasteiger partial charge in [-0.3, -0.25) is 9.59 Å². The number of benzene rings is 2. The fourth-order valence-corrected chi connectivity index (χ4v) is 3.99. The molecule has 32 heavy (non-hydrogen) atoms. The Balaban J connectivity index is 1.48. The monoisotopic (exact) mass is 427 g/mol. The molecule has 1 unspecified atom stereocenters.